The van der Waals surface area contributed by atoms with Crippen LogP contribution in [0.15, 0.2) is 53.9 Å². The van der Waals surface area contributed by atoms with E-state index in [1.807, 2.05) is 11.3 Å². The maximum atomic E-state index is 2.54. The second kappa shape index (κ2) is 8.78. The van der Waals surface area contributed by atoms with Gasteiger partial charge >= 0.3 is 0 Å². The highest BCUT2D eigenvalue weighted by Gasteiger charge is 2.12. The molecule has 0 N–H and O–H groups in total. The van der Waals surface area contributed by atoms with E-state index in [0.717, 1.165) is 6.54 Å². The lowest BCUT2D eigenvalue weighted by molar-refractivity contribution is 0.571. The summed E-state index contributed by atoms with van der Waals surface area (Å²) in [5.41, 5.74) is 4.08. The molecule has 0 aliphatic heterocycles. The molecular weight excluding hydrogens is 461 g/mol. The zero-order valence-electron chi connectivity index (χ0n) is 15.9. The van der Waals surface area contributed by atoms with Crippen molar-refractivity contribution in [3.8, 4) is 10.4 Å². The van der Waals surface area contributed by atoms with Gasteiger partial charge in [0.1, 0.15) is 0 Å². The number of unbranched alkanes of at least 4 members (excludes halogenated alkanes) is 5. The monoisotopic (exact) mass is 487 g/mol. The molecule has 2 aromatic carbocycles. The summed E-state index contributed by atoms with van der Waals surface area (Å²) in [5.74, 6) is 0. The van der Waals surface area contributed by atoms with Crippen LogP contribution in [0.4, 0.5) is 0 Å². The summed E-state index contributed by atoms with van der Waals surface area (Å²) >= 11 is 4.24. The number of thiophene rings is 1. The van der Waals surface area contributed by atoms with Crippen molar-refractivity contribution in [2.75, 3.05) is 0 Å². The van der Waals surface area contributed by atoms with Crippen LogP contribution in [0.5, 0.6) is 0 Å². The molecule has 0 radical (unpaired) electrons. The Bertz CT molecular complexity index is 1030. The van der Waals surface area contributed by atoms with Crippen molar-refractivity contribution >= 4 is 55.7 Å². The highest BCUT2D eigenvalue weighted by molar-refractivity contribution is 14.1. The van der Waals surface area contributed by atoms with Crippen molar-refractivity contribution in [2.45, 2.75) is 52.0 Å². The van der Waals surface area contributed by atoms with Crippen LogP contribution in [-0.4, -0.2) is 4.57 Å². The Labute approximate surface area is 179 Å². The predicted molar refractivity (Wildman–Crippen MR) is 129 cm³/mol. The first kappa shape index (κ1) is 19.0. The molecule has 0 spiro atoms. The molecule has 4 rings (SSSR count). The summed E-state index contributed by atoms with van der Waals surface area (Å²) < 4.78 is 3.85. The molecule has 4 aromatic rings. The van der Waals surface area contributed by atoms with E-state index in [0.29, 0.717) is 0 Å². The van der Waals surface area contributed by atoms with Crippen LogP contribution in [0, 0.1) is 3.57 Å². The van der Waals surface area contributed by atoms with Crippen molar-refractivity contribution in [2.24, 2.45) is 0 Å². The molecule has 140 valence electrons. The Morgan fingerprint density at radius 3 is 2.37 bits per heavy atom. The molecule has 27 heavy (non-hydrogen) atoms. The molecular formula is C24H26INS. The number of hydrogen-bond acceptors (Lipinski definition) is 1. The van der Waals surface area contributed by atoms with Gasteiger partial charge in [-0.3, -0.25) is 0 Å². The summed E-state index contributed by atoms with van der Waals surface area (Å²) in [6.45, 7) is 3.40. The van der Waals surface area contributed by atoms with E-state index in [1.165, 1.54) is 74.3 Å². The van der Waals surface area contributed by atoms with Gasteiger partial charge in [0.05, 0.1) is 0 Å². The van der Waals surface area contributed by atoms with Crippen molar-refractivity contribution in [1.82, 2.24) is 4.57 Å². The Balaban J connectivity index is 1.69. The third-order valence-electron chi connectivity index (χ3n) is 5.37. The average molecular weight is 487 g/mol. The van der Waals surface area contributed by atoms with E-state index < -0.39 is 0 Å². The predicted octanol–water partition coefficient (Wildman–Crippen LogP) is 8.49. The number of aromatic nitrogens is 1. The number of rotatable bonds is 8. The third kappa shape index (κ3) is 4.09. The smallest absolute Gasteiger partial charge is 0.0492 e. The molecule has 0 aliphatic carbocycles. The minimum Gasteiger partial charge on any atom is -0.340 e. The van der Waals surface area contributed by atoms with E-state index in [-0.39, 0.29) is 0 Å². The van der Waals surface area contributed by atoms with Crippen molar-refractivity contribution in [3.63, 3.8) is 0 Å². The van der Waals surface area contributed by atoms with Crippen molar-refractivity contribution in [3.05, 3.63) is 57.5 Å². The van der Waals surface area contributed by atoms with Crippen LogP contribution in [0.1, 0.15) is 45.4 Å². The number of aryl methyl sites for hydroxylation is 1. The highest BCUT2D eigenvalue weighted by Crippen LogP contribution is 2.35. The van der Waals surface area contributed by atoms with E-state index in [2.05, 4.69) is 88.0 Å². The van der Waals surface area contributed by atoms with E-state index in [9.17, 15) is 0 Å². The molecule has 2 heterocycles. The molecule has 2 aromatic heterocycles. The molecule has 0 unspecified atom stereocenters. The molecule has 0 fully saturated rings. The minimum atomic E-state index is 1.12. The first-order chi connectivity index (χ1) is 13.3. The van der Waals surface area contributed by atoms with Crippen LogP contribution in [0.25, 0.3) is 32.2 Å². The van der Waals surface area contributed by atoms with Gasteiger partial charge in [-0.2, -0.15) is 0 Å². The third-order valence-corrected chi connectivity index (χ3v) is 6.96. The van der Waals surface area contributed by atoms with Gasteiger partial charge in [0.2, 0.25) is 0 Å². The van der Waals surface area contributed by atoms with E-state index >= 15 is 0 Å². The first-order valence-electron chi connectivity index (χ1n) is 10.0. The lowest BCUT2D eigenvalue weighted by Crippen LogP contribution is -1.97. The summed E-state index contributed by atoms with van der Waals surface area (Å²) in [4.78, 5) is 1.35. The zero-order valence-corrected chi connectivity index (χ0v) is 18.9. The Kier molecular flexibility index (Phi) is 6.18. The van der Waals surface area contributed by atoms with Crippen LogP contribution in [0.2, 0.25) is 0 Å². The molecule has 0 saturated heterocycles. The second-order valence-corrected chi connectivity index (χ2v) is 9.48. The molecule has 0 amide bonds. The zero-order chi connectivity index (χ0) is 18.6. The lowest BCUT2D eigenvalue weighted by Gasteiger charge is -2.08. The van der Waals surface area contributed by atoms with Crippen LogP contribution in [0.3, 0.4) is 0 Å². The molecule has 0 bridgehead atoms. The van der Waals surface area contributed by atoms with Gasteiger partial charge in [0.15, 0.2) is 0 Å². The van der Waals surface area contributed by atoms with Crippen molar-refractivity contribution in [1.29, 1.82) is 0 Å². The number of benzene rings is 2. The minimum absolute atomic E-state index is 1.12. The largest absolute Gasteiger partial charge is 0.340 e. The van der Waals surface area contributed by atoms with E-state index in [1.54, 1.807) is 0 Å². The second-order valence-electron chi connectivity index (χ2n) is 7.29. The quantitative estimate of drug-likeness (QED) is 0.174. The van der Waals surface area contributed by atoms with Crippen molar-refractivity contribution < 1.29 is 0 Å². The van der Waals surface area contributed by atoms with Gasteiger partial charge in [-0.25, -0.2) is 0 Å². The summed E-state index contributed by atoms with van der Waals surface area (Å²) in [5, 5.41) is 4.94. The maximum Gasteiger partial charge on any atom is 0.0492 e. The Morgan fingerprint density at radius 1 is 0.852 bits per heavy atom. The first-order valence-corrected chi connectivity index (χ1v) is 12.0. The van der Waals surface area contributed by atoms with Gasteiger partial charge in [0, 0.05) is 36.8 Å². The molecule has 0 aliphatic rings. The summed E-state index contributed by atoms with van der Waals surface area (Å²) in [6.07, 6.45) is 8.04. The SMILES string of the molecule is CCCCCCCCn1c2ccc(I)cc2c2cc(-c3cccs3)ccc21. The van der Waals surface area contributed by atoms with Gasteiger partial charge < -0.3 is 4.57 Å². The summed E-state index contributed by atoms with van der Waals surface area (Å²) in [6, 6.07) is 18.2. The Morgan fingerprint density at radius 2 is 1.59 bits per heavy atom. The fourth-order valence-electron chi connectivity index (χ4n) is 3.96. The van der Waals surface area contributed by atoms with Gasteiger partial charge in [-0.1, -0.05) is 51.2 Å². The molecule has 0 atom stereocenters. The van der Waals surface area contributed by atoms with Gasteiger partial charge in [-0.05, 0) is 76.4 Å². The highest BCUT2D eigenvalue weighted by atomic mass is 127. The van der Waals surface area contributed by atoms with Gasteiger partial charge in [0.25, 0.3) is 0 Å². The molecule has 1 nitrogen and oxygen atoms in total. The number of hydrogen-bond donors (Lipinski definition) is 0. The average Bonchev–Trinajstić information content (AvgIpc) is 3.31. The normalized spacial score (nSPS) is 11.6. The van der Waals surface area contributed by atoms with Crippen LogP contribution >= 0.6 is 33.9 Å². The fraction of sp³-hybridized carbons (Fsp3) is 0.333. The molecule has 3 heteroatoms. The number of fused-ring (bicyclic) bond motifs is 3. The Hall–Kier alpha value is -1.33. The topological polar surface area (TPSA) is 4.93 Å². The fourth-order valence-corrected chi connectivity index (χ4v) is 5.18. The van der Waals surface area contributed by atoms with Crippen LogP contribution in [-0.2, 0) is 6.54 Å². The van der Waals surface area contributed by atoms with E-state index in [4.69, 9.17) is 0 Å². The number of nitrogens with zero attached hydrogens (tertiary/aromatic N) is 1. The van der Waals surface area contributed by atoms with Crippen LogP contribution < -0.4 is 0 Å². The standard InChI is InChI=1S/C24H26INS/c1-2-3-4-5-6-7-14-26-22-12-10-18(24-9-8-15-27-24)16-20(22)21-17-19(25)11-13-23(21)26/h8-13,15-17H,2-7,14H2,1H3. The number of halogens is 1. The van der Waals surface area contributed by atoms with Gasteiger partial charge in [-0.15, -0.1) is 11.3 Å². The summed E-state index contributed by atoms with van der Waals surface area (Å²) in [7, 11) is 0. The lowest BCUT2D eigenvalue weighted by atomic mass is 10.1. The maximum absolute atomic E-state index is 2.54. The molecule has 0 saturated carbocycles.